The first kappa shape index (κ1) is 23.1. The number of hydrogen-bond acceptors (Lipinski definition) is 7. The zero-order valence-corrected chi connectivity index (χ0v) is 15.2. The fraction of sp³-hybridized carbons (Fsp3) is 0.938. The molecule has 0 aliphatic carbocycles. The van der Waals surface area contributed by atoms with Gasteiger partial charge < -0.3 is 35.3 Å². The molecule has 0 saturated heterocycles. The molecule has 0 saturated carbocycles. The quantitative estimate of drug-likeness (QED) is 0.341. The number of nitrogens with zero attached hydrogens (tertiary/aromatic N) is 1. The minimum Gasteiger partial charge on any atom is -0.447 e. The van der Waals surface area contributed by atoms with Gasteiger partial charge in [0.25, 0.3) is 0 Å². The van der Waals surface area contributed by atoms with Gasteiger partial charge in [0.05, 0.1) is 32.5 Å². The second-order valence-electron chi connectivity index (χ2n) is 5.53. The number of alkyl carbamates (subject to hydrolysis) is 1. The summed E-state index contributed by atoms with van der Waals surface area (Å²) in [4.78, 5) is 13.8. The Kier molecular flexibility index (Phi) is 16.3. The Morgan fingerprint density at radius 1 is 1.25 bits per heavy atom. The van der Waals surface area contributed by atoms with Crippen LogP contribution in [0, 0.1) is 0 Å². The number of nitrogens with one attached hydrogen (secondary N) is 1. The van der Waals surface area contributed by atoms with Gasteiger partial charge in [0.1, 0.15) is 6.61 Å². The normalized spacial score (nSPS) is 12.4. The molecule has 1 atom stereocenters. The molecule has 8 heteroatoms. The van der Waals surface area contributed by atoms with Crippen LogP contribution < -0.4 is 11.1 Å². The minimum absolute atomic E-state index is 0.00518. The van der Waals surface area contributed by atoms with E-state index in [-0.39, 0.29) is 19.3 Å². The molecule has 0 aliphatic heterocycles. The molecule has 24 heavy (non-hydrogen) atoms. The molecule has 1 amide bonds. The third-order valence-corrected chi connectivity index (χ3v) is 3.28. The average molecular weight is 349 g/mol. The highest BCUT2D eigenvalue weighted by Crippen LogP contribution is 1.94. The molecule has 0 aliphatic rings. The van der Waals surface area contributed by atoms with Gasteiger partial charge >= 0.3 is 6.09 Å². The number of ether oxygens (including phenoxy) is 3. The first-order valence-electron chi connectivity index (χ1n) is 8.77. The molecule has 0 aromatic heterocycles. The van der Waals surface area contributed by atoms with Gasteiger partial charge in [-0.25, -0.2) is 4.79 Å². The van der Waals surface area contributed by atoms with Crippen molar-refractivity contribution < 1.29 is 24.1 Å². The highest BCUT2D eigenvalue weighted by molar-refractivity contribution is 5.67. The number of hydrogen-bond donors (Lipinski definition) is 3. The van der Waals surface area contributed by atoms with E-state index in [1.165, 1.54) is 0 Å². The molecular weight excluding hydrogens is 314 g/mol. The largest absolute Gasteiger partial charge is 0.447 e. The maximum Gasteiger partial charge on any atom is 0.407 e. The van der Waals surface area contributed by atoms with Gasteiger partial charge in [0, 0.05) is 26.2 Å². The predicted octanol–water partition coefficient (Wildman–Crippen LogP) is 0.187. The summed E-state index contributed by atoms with van der Waals surface area (Å²) < 4.78 is 15.6. The Hall–Kier alpha value is -0.930. The lowest BCUT2D eigenvalue weighted by Crippen LogP contribution is -2.38. The van der Waals surface area contributed by atoms with Crippen LogP contribution in [0.15, 0.2) is 0 Å². The average Bonchev–Trinajstić information content (AvgIpc) is 2.57. The molecule has 0 aromatic rings. The van der Waals surface area contributed by atoms with Crippen LogP contribution in [0.3, 0.4) is 0 Å². The van der Waals surface area contributed by atoms with Gasteiger partial charge in [-0.2, -0.15) is 0 Å². The van der Waals surface area contributed by atoms with Crippen LogP contribution in [-0.4, -0.2) is 88.0 Å². The Labute approximate surface area is 145 Å². The van der Waals surface area contributed by atoms with Crippen molar-refractivity contribution in [3.05, 3.63) is 0 Å². The summed E-state index contributed by atoms with van der Waals surface area (Å²) in [5.74, 6) is 0. The lowest BCUT2D eigenvalue weighted by molar-refractivity contribution is -0.0258. The number of aliphatic hydroxyl groups is 1. The van der Waals surface area contributed by atoms with Crippen molar-refractivity contribution in [3.63, 3.8) is 0 Å². The number of carbonyl (C=O) groups excluding carboxylic acids is 1. The summed E-state index contributed by atoms with van der Waals surface area (Å²) >= 11 is 0. The highest BCUT2D eigenvalue weighted by Gasteiger charge is 2.06. The fourth-order valence-corrected chi connectivity index (χ4v) is 2.01. The first-order valence-corrected chi connectivity index (χ1v) is 8.77. The molecule has 0 fully saturated rings. The number of nitrogens with two attached hydrogens (primary N) is 1. The summed E-state index contributed by atoms with van der Waals surface area (Å²) in [7, 11) is 0. The molecule has 0 spiro atoms. The van der Waals surface area contributed by atoms with Gasteiger partial charge in [-0.1, -0.05) is 13.3 Å². The van der Waals surface area contributed by atoms with E-state index in [2.05, 4.69) is 17.1 Å². The van der Waals surface area contributed by atoms with Crippen molar-refractivity contribution >= 4 is 6.09 Å². The van der Waals surface area contributed by atoms with Crippen LogP contribution >= 0.6 is 0 Å². The smallest absolute Gasteiger partial charge is 0.407 e. The van der Waals surface area contributed by atoms with Gasteiger partial charge in [-0.05, 0) is 19.9 Å². The molecular formula is C16H35N3O5. The standard InChI is InChI=1S/C16H35N3O5/c1-3-4-7-19(8-5-17)9-6-18-16(21)24-13-12-22-14-15(2)23-11-10-20/h15,20H,3-14,17H2,1-2H3,(H,18,21). The van der Waals surface area contributed by atoms with Crippen LogP contribution in [0.2, 0.25) is 0 Å². The Balaban J connectivity index is 3.57. The van der Waals surface area contributed by atoms with Crippen molar-refractivity contribution in [2.24, 2.45) is 5.73 Å². The first-order chi connectivity index (χ1) is 11.6. The molecule has 0 radical (unpaired) electrons. The molecule has 0 heterocycles. The van der Waals surface area contributed by atoms with E-state index in [4.69, 9.17) is 25.1 Å². The minimum atomic E-state index is -0.439. The predicted molar refractivity (Wildman–Crippen MR) is 93.1 cm³/mol. The monoisotopic (exact) mass is 349 g/mol. The van der Waals surface area contributed by atoms with Crippen LogP contribution in [0.25, 0.3) is 0 Å². The van der Waals surface area contributed by atoms with Crippen LogP contribution in [0.5, 0.6) is 0 Å². The maximum absolute atomic E-state index is 11.6. The van der Waals surface area contributed by atoms with Gasteiger partial charge in [-0.3, -0.25) is 0 Å². The SMILES string of the molecule is CCCCN(CCN)CCNC(=O)OCCOCC(C)OCCO. The van der Waals surface area contributed by atoms with E-state index in [1.54, 1.807) is 0 Å². The molecule has 0 rings (SSSR count). The lowest BCUT2D eigenvalue weighted by atomic mass is 10.3. The molecule has 4 N–H and O–H groups in total. The molecule has 8 nitrogen and oxygen atoms in total. The molecule has 1 unspecified atom stereocenters. The van der Waals surface area contributed by atoms with Gasteiger partial charge in [-0.15, -0.1) is 0 Å². The summed E-state index contributed by atoms with van der Waals surface area (Å²) in [6.45, 7) is 8.96. The van der Waals surface area contributed by atoms with Gasteiger partial charge in [0.15, 0.2) is 0 Å². The van der Waals surface area contributed by atoms with Crippen molar-refractivity contribution in [2.75, 3.05) is 65.8 Å². The van der Waals surface area contributed by atoms with Crippen molar-refractivity contribution in [3.8, 4) is 0 Å². The summed E-state index contributed by atoms with van der Waals surface area (Å²) in [6, 6.07) is 0. The van der Waals surface area contributed by atoms with E-state index in [1.807, 2.05) is 6.92 Å². The second-order valence-corrected chi connectivity index (χ2v) is 5.53. The van der Waals surface area contributed by atoms with Crippen LogP contribution in [0.4, 0.5) is 4.79 Å². The number of carbonyl (C=O) groups is 1. The Bertz CT molecular complexity index is 295. The van der Waals surface area contributed by atoms with E-state index in [9.17, 15) is 4.79 Å². The topological polar surface area (TPSA) is 106 Å². The van der Waals surface area contributed by atoms with E-state index >= 15 is 0 Å². The number of aliphatic hydroxyl groups excluding tert-OH is 1. The third-order valence-electron chi connectivity index (χ3n) is 3.28. The summed E-state index contributed by atoms with van der Waals surface area (Å²) in [6.07, 6.45) is 1.73. The van der Waals surface area contributed by atoms with E-state index in [0.717, 1.165) is 32.5 Å². The van der Waals surface area contributed by atoms with Crippen molar-refractivity contribution in [1.29, 1.82) is 0 Å². The zero-order valence-electron chi connectivity index (χ0n) is 15.2. The van der Waals surface area contributed by atoms with Crippen molar-refractivity contribution in [1.82, 2.24) is 10.2 Å². The van der Waals surface area contributed by atoms with Crippen molar-refractivity contribution in [2.45, 2.75) is 32.8 Å². The lowest BCUT2D eigenvalue weighted by Gasteiger charge is -2.21. The molecule has 0 bridgehead atoms. The number of rotatable bonds is 16. The Morgan fingerprint density at radius 3 is 2.71 bits per heavy atom. The number of amides is 1. The highest BCUT2D eigenvalue weighted by atomic mass is 16.6. The van der Waals surface area contributed by atoms with E-state index in [0.29, 0.717) is 32.9 Å². The zero-order chi connectivity index (χ0) is 18.0. The van der Waals surface area contributed by atoms with E-state index < -0.39 is 6.09 Å². The summed E-state index contributed by atoms with van der Waals surface area (Å²) in [5.41, 5.74) is 5.59. The fourth-order valence-electron chi connectivity index (χ4n) is 2.01. The molecule has 144 valence electrons. The Morgan fingerprint density at radius 2 is 2.04 bits per heavy atom. The number of unbranched alkanes of at least 4 members (excludes halogenated alkanes) is 1. The third kappa shape index (κ3) is 14.6. The van der Waals surface area contributed by atoms with Gasteiger partial charge in [0.2, 0.25) is 0 Å². The van der Waals surface area contributed by atoms with Crippen LogP contribution in [0.1, 0.15) is 26.7 Å². The maximum atomic E-state index is 11.6. The second kappa shape index (κ2) is 16.9. The van der Waals surface area contributed by atoms with Crippen LogP contribution in [-0.2, 0) is 14.2 Å². The summed E-state index contributed by atoms with van der Waals surface area (Å²) in [5, 5.41) is 11.3. The molecule has 0 aromatic carbocycles.